The van der Waals surface area contributed by atoms with E-state index in [1.807, 2.05) is 7.05 Å². The average Bonchev–Trinajstić information content (AvgIpc) is 2.96. The van der Waals surface area contributed by atoms with Gasteiger partial charge in [-0.15, -0.1) is 0 Å². The summed E-state index contributed by atoms with van der Waals surface area (Å²) in [5.74, 6) is -0.337. The molecule has 1 aliphatic carbocycles. The normalized spacial score (nSPS) is 30.1. The molecule has 0 spiro atoms. The lowest BCUT2D eigenvalue weighted by atomic mass is 9.84. The molecule has 2 saturated heterocycles. The van der Waals surface area contributed by atoms with Gasteiger partial charge in [0.15, 0.2) is 5.69 Å². The first kappa shape index (κ1) is 18.7. The van der Waals surface area contributed by atoms with Gasteiger partial charge in [0.05, 0.1) is 0 Å². The van der Waals surface area contributed by atoms with E-state index in [1.54, 1.807) is 4.90 Å². The van der Waals surface area contributed by atoms with Crippen molar-refractivity contribution in [2.45, 2.75) is 76.2 Å². The van der Waals surface area contributed by atoms with Gasteiger partial charge in [0.25, 0.3) is 0 Å². The fourth-order valence-electron chi connectivity index (χ4n) is 4.99. The Kier molecular flexibility index (Phi) is 4.64. The number of amides is 1. The molecule has 1 N–H and O–H groups in total. The van der Waals surface area contributed by atoms with Crippen molar-refractivity contribution in [2.75, 3.05) is 7.05 Å². The van der Waals surface area contributed by atoms with Crippen LogP contribution in [-0.4, -0.2) is 45.9 Å². The van der Waals surface area contributed by atoms with Gasteiger partial charge >= 0.3 is 6.18 Å². The number of hydrogen-bond acceptors (Lipinski definition) is 4. The lowest BCUT2D eigenvalue weighted by Crippen LogP contribution is -2.50. The Hall–Kier alpha value is -1.70. The van der Waals surface area contributed by atoms with Gasteiger partial charge < -0.3 is 10.2 Å². The van der Waals surface area contributed by atoms with Gasteiger partial charge in [-0.05, 0) is 51.9 Å². The van der Waals surface area contributed by atoms with Crippen LogP contribution in [0.2, 0.25) is 0 Å². The quantitative estimate of drug-likeness (QED) is 0.854. The number of aromatic nitrogens is 2. The molecule has 0 saturated carbocycles. The highest BCUT2D eigenvalue weighted by Gasteiger charge is 2.42. The molecule has 3 unspecified atom stereocenters. The highest BCUT2D eigenvalue weighted by molar-refractivity contribution is 5.79. The molecule has 4 rings (SSSR count). The SMILES string of the molecule is Cc1nc2c(c(C(F)(F)F)n1)CC(C(=O)N(C)C1CC3CCC(C1)N3)CC2. The maximum absolute atomic E-state index is 13.4. The highest BCUT2D eigenvalue weighted by Crippen LogP contribution is 2.37. The van der Waals surface area contributed by atoms with Gasteiger partial charge in [0, 0.05) is 42.3 Å². The van der Waals surface area contributed by atoms with E-state index in [0.717, 1.165) is 25.7 Å². The van der Waals surface area contributed by atoms with Gasteiger partial charge in [-0.2, -0.15) is 13.2 Å². The maximum atomic E-state index is 13.4. The second-order valence-electron chi connectivity index (χ2n) is 8.19. The Balaban J connectivity index is 1.53. The molecule has 3 heterocycles. The maximum Gasteiger partial charge on any atom is 0.433 e. The lowest BCUT2D eigenvalue weighted by Gasteiger charge is -2.38. The summed E-state index contributed by atoms with van der Waals surface area (Å²) in [5.41, 5.74) is -0.317. The number of carbonyl (C=O) groups is 1. The zero-order valence-corrected chi connectivity index (χ0v) is 15.6. The Morgan fingerprint density at radius 2 is 1.81 bits per heavy atom. The molecule has 3 aliphatic rings. The Bertz CT molecular complexity index is 739. The Morgan fingerprint density at radius 3 is 2.44 bits per heavy atom. The third-order valence-electron chi connectivity index (χ3n) is 6.35. The van der Waals surface area contributed by atoms with Crippen molar-refractivity contribution in [2.24, 2.45) is 5.92 Å². The molecular formula is C19H25F3N4O. The number of fused-ring (bicyclic) bond motifs is 3. The number of rotatable bonds is 2. The van der Waals surface area contributed by atoms with E-state index in [1.165, 1.54) is 6.92 Å². The first-order valence-electron chi connectivity index (χ1n) is 9.68. The second-order valence-corrected chi connectivity index (χ2v) is 8.19. The summed E-state index contributed by atoms with van der Waals surface area (Å²) in [7, 11) is 1.81. The fraction of sp³-hybridized carbons (Fsp3) is 0.737. The Morgan fingerprint density at radius 1 is 1.15 bits per heavy atom. The molecule has 2 bridgehead atoms. The van der Waals surface area contributed by atoms with Crippen molar-refractivity contribution in [1.82, 2.24) is 20.2 Å². The van der Waals surface area contributed by atoms with Gasteiger partial charge in [-0.3, -0.25) is 4.79 Å². The summed E-state index contributed by atoms with van der Waals surface area (Å²) in [6, 6.07) is 1.10. The number of hydrogen-bond donors (Lipinski definition) is 1. The van der Waals surface area contributed by atoms with Crippen LogP contribution in [0.5, 0.6) is 0 Å². The Labute approximate surface area is 156 Å². The number of aryl methyl sites for hydroxylation is 2. The van der Waals surface area contributed by atoms with Crippen LogP contribution < -0.4 is 5.32 Å². The van der Waals surface area contributed by atoms with Gasteiger partial charge in [0.2, 0.25) is 5.91 Å². The van der Waals surface area contributed by atoms with Gasteiger partial charge in [0.1, 0.15) is 5.82 Å². The molecule has 27 heavy (non-hydrogen) atoms. The minimum absolute atomic E-state index is 0.0411. The third-order valence-corrected chi connectivity index (χ3v) is 6.35. The molecule has 1 amide bonds. The molecule has 1 aromatic rings. The van der Waals surface area contributed by atoms with Crippen LogP contribution >= 0.6 is 0 Å². The molecule has 0 aromatic carbocycles. The summed E-state index contributed by atoms with van der Waals surface area (Å²) in [4.78, 5) is 22.7. The number of carbonyl (C=O) groups excluding carboxylic acids is 1. The number of halogens is 3. The molecule has 2 fully saturated rings. The third kappa shape index (κ3) is 3.56. The van der Waals surface area contributed by atoms with Gasteiger partial charge in [-0.25, -0.2) is 9.97 Å². The topological polar surface area (TPSA) is 58.1 Å². The lowest BCUT2D eigenvalue weighted by molar-refractivity contribution is -0.143. The molecule has 2 aliphatic heterocycles. The van der Waals surface area contributed by atoms with Crippen LogP contribution in [0.25, 0.3) is 0 Å². The zero-order chi connectivity index (χ0) is 19.3. The standard InChI is InChI=1S/C19H25F3N4O/c1-10-23-16-6-3-11(7-15(16)17(24-10)19(20,21)22)18(27)26(2)14-8-12-4-5-13(9-14)25-12/h11-14,25H,3-9H2,1-2H3. The van der Waals surface area contributed by atoms with Crippen LogP contribution in [0.3, 0.4) is 0 Å². The minimum atomic E-state index is -4.52. The summed E-state index contributed by atoms with van der Waals surface area (Å²) in [6.07, 6.45) is 0.632. The molecule has 8 heteroatoms. The van der Waals surface area contributed by atoms with Crippen molar-refractivity contribution in [3.63, 3.8) is 0 Å². The molecule has 5 nitrogen and oxygen atoms in total. The molecular weight excluding hydrogens is 357 g/mol. The minimum Gasteiger partial charge on any atom is -0.342 e. The van der Waals surface area contributed by atoms with Crippen LogP contribution in [0.15, 0.2) is 0 Å². The molecule has 0 radical (unpaired) electrons. The first-order chi connectivity index (χ1) is 12.7. The van der Waals surface area contributed by atoms with Crippen LogP contribution in [0.4, 0.5) is 13.2 Å². The van der Waals surface area contributed by atoms with E-state index in [0.29, 0.717) is 30.6 Å². The van der Waals surface area contributed by atoms with Crippen molar-refractivity contribution >= 4 is 5.91 Å². The fourth-order valence-corrected chi connectivity index (χ4v) is 4.99. The predicted molar refractivity (Wildman–Crippen MR) is 93.0 cm³/mol. The van der Waals surface area contributed by atoms with E-state index >= 15 is 0 Å². The molecule has 148 valence electrons. The number of alkyl halides is 3. The average molecular weight is 382 g/mol. The van der Waals surface area contributed by atoms with Crippen LogP contribution in [-0.2, 0) is 23.8 Å². The first-order valence-corrected chi connectivity index (χ1v) is 9.68. The van der Waals surface area contributed by atoms with Gasteiger partial charge in [-0.1, -0.05) is 0 Å². The van der Waals surface area contributed by atoms with Crippen molar-refractivity contribution in [3.05, 3.63) is 22.8 Å². The van der Waals surface area contributed by atoms with Crippen molar-refractivity contribution in [1.29, 1.82) is 0 Å². The summed E-state index contributed by atoms with van der Waals surface area (Å²) in [6.45, 7) is 1.48. The zero-order valence-electron chi connectivity index (χ0n) is 15.6. The second kappa shape index (κ2) is 6.72. The van der Waals surface area contributed by atoms with E-state index in [-0.39, 0.29) is 29.8 Å². The number of nitrogens with one attached hydrogen (secondary N) is 1. The van der Waals surface area contributed by atoms with E-state index in [2.05, 4.69) is 15.3 Å². The highest BCUT2D eigenvalue weighted by atomic mass is 19.4. The summed E-state index contributed by atoms with van der Waals surface area (Å²) >= 11 is 0. The smallest absolute Gasteiger partial charge is 0.342 e. The van der Waals surface area contributed by atoms with Crippen molar-refractivity contribution < 1.29 is 18.0 Å². The molecule has 3 atom stereocenters. The van der Waals surface area contributed by atoms with E-state index < -0.39 is 17.8 Å². The van der Waals surface area contributed by atoms with Crippen LogP contribution in [0, 0.1) is 12.8 Å². The van der Waals surface area contributed by atoms with Crippen molar-refractivity contribution in [3.8, 4) is 0 Å². The van der Waals surface area contributed by atoms with Crippen LogP contribution in [0.1, 0.15) is 54.9 Å². The predicted octanol–water partition coefficient (Wildman–Crippen LogP) is 2.65. The monoisotopic (exact) mass is 382 g/mol. The number of piperidine rings is 1. The number of nitrogens with zero attached hydrogens (tertiary/aromatic N) is 3. The summed E-state index contributed by atoms with van der Waals surface area (Å²) in [5, 5.41) is 3.56. The molecule has 1 aromatic heterocycles. The summed E-state index contributed by atoms with van der Waals surface area (Å²) < 4.78 is 40.3. The van der Waals surface area contributed by atoms with E-state index in [9.17, 15) is 18.0 Å². The largest absolute Gasteiger partial charge is 0.433 e. The van der Waals surface area contributed by atoms with E-state index in [4.69, 9.17) is 0 Å².